The second kappa shape index (κ2) is 5.99. The minimum atomic E-state index is -2.01. The van der Waals surface area contributed by atoms with Gasteiger partial charge < -0.3 is 15.6 Å². The number of nitrogens with zero attached hydrogens (tertiary/aromatic N) is 2. The van der Waals surface area contributed by atoms with Gasteiger partial charge in [0, 0.05) is 11.8 Å². The number of anilines is 1. The third-order valence-corrected chi connectivity index (χ3v) is 2.97. The molecule has 3 atom stereocenters. The van der Waals surface area contributed by atoms with Crippen molar-refractivity contribution < 1.29 is 23.0 Å². The number of nitrogen functional groups attached to an aromatic ring is 1. The molecule has 21 heavy (non-hydrogen) atoms. The number of aliphatic hydroxyl groups excluding tert-OH is 1. The summed E-state index contributed by atoms with van der Waals surface area (Å²) in [4.78, 5) is 15.1. The molecular weight excluding hydrogens is 291 g/mol. The van der Waals surface area contributed by atoms with Crippen molar-refractivity contribution in [1.82, 2.24) is 9.55 Å². The summed E-state index contributed by atoms with van der Waals surface area (Å²) < 4.78 is 44.6. The molecule has 1 saturated heterocycles. The standard InChI is InChI=1S/C12H10F3N3O3/c13-2-1-6-4-18(12(20)17-10(6)16)11-9(15)7(3-14)8(5-19)21-11/h3-4,8-9,11,19H,5H2,(H2,16,17,20)/b7-3-. The molecular formula is C12H10F3N3O3. The van der Waals surface area contributed by atoms with E-state index in [-0.39, 0.29) is 17.7 Å². The average molecular weight is 301 g/mol. The molecule has 0 bridgehead atoms. The first-order valence-electron chi connectivity index (χ1n) is 5.74. The van der Waals surface area contributed by atoms with Crippen LogP contribution >= 0.6 is 0 Å². The third-order valence-electron chi connectivity index (χ3n) is 2.97. The lowest BCUT2D eigenvalue weighted by atomic mass is 10.1. The Labute approximate surface area is 116 Å². The van der Waals surface area contributed by atoms with E-state index in [4.69, 9.17) is 15.6 Å². The number of hydrogen-bond acceptors (Lipinski definition) is 5. The predicted molar refractivity (Wildman–Crippen MR) is 66.0 cm³/mol. The number of rotatable bonds is 2. The van der Waals surface area contributed by atoms with Gasteiger partial charge in [0.05, 0.1) is 18.5 Å². The van der Waals surface area contributed by atoms with E-state index in [1.807, 2.05) is 5.92 Å². The van der Waals surface area contributed by atoms with Crippen molar-refractivity contribution in [3.8, 4) is 12.1 Å². The van der Waals surface area contributed by atoms with Crippen molar-refractivity contribution in [1.29, 1.82) is 0 Å². The van der Waals surface area contributed by atoms with E-state index in [1.54, 1.807) is 0 Å². The van der Waals surface area contributed by atoms with Crippen LogP contribution in [0.4, 0.5) is 19.0 Å². The molecule has 0 aliphatic carbocycles. The van der Waals surface area contributed by atoms with Gasteiger partial charge in [-0.1, -0.05) is 0 Å². The molecule has 0 radical (unpaired) electrons. The molecule has 0 amide bonds. The highest BCUT2D eigenvalue weighted by molar-refractivity contribution is 5.48. The number of nitrogens with two attached hydrogens (primary N) is 1. The quantitative estimate of drug-likeness (QED) is 0.761. The Bertz CT molecular complexity index is 692. The van der Waals surface area contributed by atoms with Gasteiger partial charge in [0.25, 0.3) is 0 Å². The van der Waals surface area contributed by atoms with Crippen molar-refractivity contribution in [3.05, 3.63) is 34.1 Å². The van der Waals surface area contributed by atoms with E-state index >= 15 is 0 Å². The molecule has 1 aliphatic rings. The Morgan fingerprint density at radius 3 is 2.86 bits per heavy atom. The number of ether oxygens (including phenoxy) is 1. The molecule has 112 valence electrons. The first kappa shape index (κ1) is 15.1. The lowest BCUT2D eigenvalue weighted by molar-refractivity contribution is -0.0375. The number of aliphatic hydroxyl groups is 1. The molecule has 1 aromatic rings. The largest absolute Gasteiger partial charge is 0.393 e. The summed E-state index contributed by atoms with van der Waals surface area (Å²) in [7, 11) is 0. The number of alkyl halides is 1. The van der Waals surface area contributed by atoms with E-state index in [9.17, 15) is 18.0 Å². The lowest BCUT2D eigenvalue weighted by Gasteiger charge is -2.16. The molecule has 2 heterocycles. The summed E-state index contributed by atoms with van der Waals surface area (Å²) in [5, 5.41) is 9.01. The predicted octanol–water partition coefficient (Wildman–Crippen LogP) is 0.185. The summed E-state index contributed by atoms with van der Waals surface area (Å²) in [6, 6.07) is 0. The van der Waals surface area contributed by atoms with Gasteiger partial charge in [0.15, 0.2) is 12.4 Å². The summed E-state index contributed by atoms with van der Waals surface area (Å²) in [5.41, 5.74) is 3.82. The van der Waals surface area contributed by atoms with Crippen LogP contribution in [0.2, 0.25) is 0 Å². The van der Waals surface area contributed by atoms with Crippen LogP contribution in [0.1, 0.15) is 11.8 Å². The average Bonchev–Trinajstić information content (AvgIpc) is 2.78. The van der Waals surface area contributed by atoms with Gasteiger partial charge in [-0.25, -0.2) is 13.6 Å². The van der Waals surface area contributed by atoms with Crippen LogP contribution in [0.25, 0.3) is 0 Å². The van der Waals surface area contributed by atoms with Gasteiger partial charge in [0.1, 0.15) is 18.1 Å². The van der Waals surface area contributed by atoms with Crippen molar-refractivity contribution in [2.24, 2.45) is 0 Å². The second-order valence-electron chi connectivity index (χ2n) is 4.16. The van der Waals surface area contributed by atoms with Crippen LogP contribution in [0.15, 0.2) is 22.9 Å². The highest BCUT2D eigenvalue weighted by atomic mass is 19.1. The normalized spacial score (nSPS) is 26.7. The van der Waals surface area contributed by atoms with Gasteiger partial charge in [0.2, 0.25) is 0 Å². The molecule has 1 aliphatic heterocycles. The third kappa shape index (κ3) is 2.63. The van der Waals surface area contributed by atoms with E-state index in [0.717, 1.165) is 12.4 Å². The Balaban J connectivity index is 2.49. The molecule has 3 N–H and O–H groups in total. The Kier molecular flexibility index (Phi) is 4.30. The molecule has 3 unspecified atom stereocenters. The van der Waals surface area contributed by atoms with Crippen LogP contribution in [0.5, 0.6) is 0 Å². The maximum atomic E-state index is 14.1. The Hall–Kier alpha value is -2.31. The zero-order chi connectivity index (χ0) is 15.6. The van der Waals surface area contributed by atoms with Crippen LogP contribution in [-0.4, -0.2) is 33.5 Å². The number of hydrogen-bond donors (Lipinski definition) is 2. The van der Waals surface area contributed by atoms with Gasteiger partial charge in [-0.15, -0.1) is 4.39 Å². The van der Waals surface area contributed by atoms with Gasteiger partial charge >= 0.3 is 5.69 Å². The Morgan fingerprint density at radius 2 is 2.33 bits per heavy atom. The molecule has 6 nitrogen and oxygen atoms in total. The molecule has 9 heteroatoms. The fourth-order valence-corrected chi connectivity index (χ4v) is 1.95. The van der Waals surface area contributed by atoms with Crippen molar-refractivity contribution in [2.75, 3.05) is 12.3 Å². The van der Waals surface area contributed by atoms with Gasteiger partial charge in [-0.3, -0.25) is 4.57 Å². The highest BCUT2D eigenvalue weighted by Crippen LogP contribution is 2.35. The second-order valence-corrected chi connectivity index (χ2v) is 4.16. The van der Waals surface area contributed by atoms with Crippen LogP contribution < -0.4 is 11.4 Å². The van der Waals surface area contributed by atoms with Crippen molar-refractivity contribution in [2.45, 2.75) is 18.5 Å². The first-order valence-corrected chi connectivity index (χ1v) is 5.74. The molecule has 0 aromatic carbocycles. The van der Waals surface area contributed by atoms with Gasteiger partial charge in [-0.05, 0) is 5.92 Å². The van der Waals surface area contributed by atoms with E-state index in [1.165, 1.54) is 0 Å². The number of aromatic nitrogens is 2. The molecule has 1 fully saturated rings. The van der Waals surface area contributed by atoms with Gasteiger partial charge in [-0.2, -0.15) is 4.98 Å². The topological polar surface area (TPSA) is 90.4 Å². The monoisotopic (exact) mass is 301 g/mol. The van der Waals surface area contributed by atoms with Crippen LogP contribution in [0, 0.1) is 12.1 Å². The summed E-state index contributed by atoms with van der Waals surface area (Å²) >= 11 is 0. The summed E-state index contributed by atoms with van der Waals surface area (Å²) in [5.74, 6) is 1.63. The van der Waals surface area contributed by atoms with Crippen molar-refractivity contribution >= 4 is 5.82 Å². The Morgan fingerprint density at radius 1 is 1.62 bits per heavy atom. The lowest BCUT2D eigenvalue weighted by Crippen LogP contribution is -2.31. The van der Waals surface area contributed by atoms with E-state index < -0.39 is 36.4 Å². The minimum Gasteiger partial charge on any atom is -0.393 e. The van der Waals surface area contributed by atoms with Crippen molar-refractivity contribution in [3.63, 3.8) is 0 Å². The maximum Gasteiger partial charge on any atom is 0.351 e. The summed E-state index contributed by atoms with van der Waals surface area (Å²) in [6.45, 7) is -0.666. The highest BCUT2D eigenvalue weighted by Gasteiger charge is 2.42. The minimum absolute atomic E-state index is 0.0242. The molecule has 1 aromatic heterocycles. The first-order chi connectivity index (χ1) is 10.0. The van der Waals surface area contributed by atoms with E-state index in [2.05, 4.69) is 4.98 Å². The fraction of sp³-hybridized carbons (Fsp3) is 0.333. The SMILES string of the molecule is Nc1nc(=O)n(C2OC(CO)/C(=C/F)C2F)cc1C#CF. The summed E-state index contributed by atoms with van der Waals surface area (Å²) in [6.07, 6.45) is -2.77. The molecule has 2 rings (SSSR count). The van der Waals surface area contributed by atoms with Crippen LogP contribution in [-0.2, 0) is 4.74 Å². The van der Waals surface area contributed by atoms with Crippen LogP contribution in [0.3, 0.4) is 0 Å². The molecule has 0 spiro atoms. The molecule has 0 saturated carbocycles. The fourth-order valence-electron chi connectivity index (χ4n) is 1.95. The number of halogens is 3. The zero-order valence-electron chi connectivity index (χ0n) is 10.5. The smallest absolute Gasteiger partial charge is 0.351 e. The maximum absolute atomic E-state index is 14.1. The van der Waals surface area contributed by atoms with E-state index in [0.29, 0.717) is 4.57 Å². The zero-order valence-corrected chi connectivity index (χ0v) is 10.5.